The van der Waals surface area contributed by atoms with Gasteiger partial charge in [0.1, 0.15) is 0 Å². The van der Waals surface area contributed by atoms with Gasteiger partial charge in [-0.05, 0) is 11.6 Å². The number of nitro benzene ring substituents is 1. The first-order valence-corrected chi connectivity index (χ1v) is 6.58. The summed E-state index contributed by atoms with van der Waals surface area (Å²) in [5.41, 5.74) is 1.07. The van der Waals surface area contributed by atoms with Crippen molar-refractivity contribution in [1.29, 1.82) is 0 Å². The average Bonchev–Trinajstić information content (AvgIpc) is 2.52. The molecule has 0 saturated heterocycles. The van der Waals surface area contributed by atoms with Crippen LogP contribution in [0.1, 0.15) is 23.2 Å². The quantitative estimate of drug-likeness (QED) is 0.501. The molecule has 0 aliphatic rings. The maximum Gasteiger partial charge on any atom is 0.303 e. The number of hydrogen-bond acceptors (Lipinski definition) is 4. The molecule has 6 heteroatoms. The molecule has 0 aliphatic carbocycles. The molecule has 0 aliphatic heterocycles. The molecule has 0 amide bonds. The highest BCUT2D eigenvalue weighted by molar-refractivity contribution is 5.99. The number of carbonyl (C=O) groups is 2. The number of nitro groups is 1. The van der Waals surface area contributed by atoms with Gasteiger partial charge >= 0.3 is 5.97 Å². The highest BCUT2D eigenvalue weighted by atomic mass is 16.6. The number of ketones is 1. The number of benzene rings is 2. The van der Waals surface area contributed by atoms with Crippen LogP contribution in [0, 0.1) is 10.1 Å². The third-order valence-electron chi connectivity index (χ3n) is 3.17. The maximum absolute atomic E-state index is 11.9. The number of carbonyl (C=O) groups excluding carboxylic acids is 1. The monoisotopic (exact) mass is 299 g/mol. The minimum absolute atomic E-state index is 0.146. The topological polar surface area (TPSA) is 97.5 Å². The second-order valence-electron chi connectivity index (χ2n) is 4.67. The van der Waals surface area contributed by atoms with E-state index >= 15 is 0 Å². The molecule has 6 nitrogen and oxygen atoms in total. The summed E-state index contributed by atoms with van der Waals surface area (Å²) >= 11 is 0. The van der Waals surface area contributed by atoms with Crippen molar-refractivity contribution in [2.75, 3.05) is 0 Å². The van der Waals surface area contributed by atoms with E-state index in [2.05, 4.69) is 0 Å². The standard InChI is InChI=1S/C16H13NO5/c18-15(8-9-16(19)20)12-6-7-13(14(10-12)17(21)22)11-4-2-1-3-5-11/h1-7,10H,8-9H2,(H,19,20). The van der Waals surface area contributed by atoms with Gasteiger partial charge in [-0.25, -0.2) is 0 Å². The fourth-order valence-electron chi connectivity index (χ4n) is 2.08. The molecule has 112 valence electrons. The Morgan fingerprint density at radius 2 is 1.73 bits per heavy atom. The smallest absolute Gasteiger partial charge is 0.303 e. The Morgan fingerprint density at radius 3 is 2.32 bits per heavy atom. The number of aliphatic carboxylic acids is 1. The highest BCUT2D eigenvalue weighted by Gasteiger charge is 2.18. The van der Waals surface area contributed by atoms with Crippen LogP contribution >= 0.6 is 0 Å². The summed E-state index contributed by atoms with van der Waals surface area (Å²) in [6.07, 6.45) is -0.482. The Kier molecular flexibility index (Phi) is 4.63. The van der Waals surface area contributed by atoms with Gasteiger partial charge in [0.05, 0.1) is 16.9 Å². The Balaban J connectivity index is 2.38. The predicted octanol–water partition coefficient (Wildman–Crippen LogP) is 3.31. The van der Waals surface area contributed by atoms with Crippen LogP contribution in [0.25, 0.3) is 11.1 Å². The number of rotatable bonds is 6. The van der Waals surface area contributed by atoms with Crippen LogP contribution < -0.4 is 0 Å². The van der Waals surface area contributed by atoms with Gasteiger partial charge in [-0.1, -0.05) is 36.4 Å². The minimum atomic E-state index is -1.08. The molecule has 0 atom stereocenters. The van der Waals surface area contributed by atoms with E-state index in [-0.39, 0.29) is 24.1 Å². The molecule has 0 unspecified atom stereocenters. The number of carboxylic acid groups (broad SMARTS) is 1. The third kappa shape index (κ3) is 3.54. The van der Waals surface area contributed by atoms with E-state index in [1.54, 1.807) is 30.3 Å². The lowest BCUT2D eigenvalue weighted by Gasteiger charge is -2.05. The van der Waals surface area contributed by atoms with Gasteiger partial charge in [0.25, 0.3) is 5.69 Å². The Labute approximate surface area is 126 Å². The van der Waals surface area contributed by atoms with E-state index in [0.717, 1.165) is 0 Å². The first kappa shape index (κ1) is 15.4. The summed E-state index contributed by atoms with van der Waals surface area (Å²) in [6.45, 7) is 0. The zero-order chi connectivity index (χ0) is 16.1. The Bertz CT molecular complexity index is 725. The molecule has 0 heterocycles. The summed E-state index contributed by atoms with van der Waals surface area (Å²) in [5.74, 6) is -1.51. The second kappa shape index (κ2) is 6.62. The van der Waals surface area contributed by atoms with Crippen LogP contribution in [-0.2, 0) is 4.79 Å². The van der Waals surface area contributed by atoms with Crippen molar-refractivity contribution in [3.8, 4) is 11.1 Å². The van der Waals surface area contributed by atoms with Crippen molar-refractivity contribution in [3.63, 3.8) is 0 Å². The minimum Gasteiger partial charge on any atom is -0.481 e. The summed E-state index contributed by atoms with van der Waals surface area (Å²) in [5, 5.41) is 19.8. The molecule has 0 bridgehead atoms. The molecule has 2 aromatic carbocycles. The molecule has 0 fully saturated rings. The van der Waals surface area contributed by atoms with E-state index in [4.69, 9.17) is 5.11 Å². The van der Waals surface area contributed by atoms with E-state index in [0.29, 0.717) is 11.1 Å². The van der Waals surface area contributed by atoms with Crippen molar-refractivity contribution in [2.45, 2.75) is 12.8 Å². The lowest BCUT2D eigenvalue weighted by Crippen LogP contribution is -2.05. The third-order valence-corrected chi connectivity index (χ3v) is 3.17. The summed E-state index contributed by atoms with van der Waals surface area (Å²) < 4.78 is 0. The van der Waals surface area contributed by atoms with Crippen LogP contribution in [-0.4, -0.2) is 21.8 Å². The fraction of sp³-hybridized carbons (Fsp3) is 0.125. The van der Waals surface area contributed by atoms with Crippen molar-refractivity contribution in [3.05, 3.63) is 64.2 Å². The molecular formula is C16H13NO5. The van der Waals surface area contributed by atoms with Crippen LogP contribution in [0.15, 0.2) is 48.5 Å². The van der Waals surface area contributed by atoms with Gasteiger partial charge in [-0.15, -0.1) is 0 Å². The summed E-state index contributed by atoms with van der Waals surface area (Å²) in [7, 11) is 0. The molecular weight excluding hydrogens is 286 g/mol. The second-order valence-corrected chi connectivity index (χ2v) is 4.67. The average molecular weight is 299 g/mol. The van der Waals surface area contributed by atoms with Crippen molar-refractivity contribution < 1.29 is 19.6 Å². The Hall–Kier alpha value is -3.02. The van der Waals surface area contributed by atoms with Crippen molar-refractivity contribution in [1.82, 2.24) is 0 Å². The van der Waals surface area contributed by atoms with Gasteiger partial charge in [0.15, 0.2) is 5.78 Å². The number of nitrogens with zero attached hydrogens (tertiary/aromatic N) is 1. The molecule has 0 aromatic heterocycles. The van der Waals surface area contributed by atoms with Crippen molar-refractivity contribution in [2.24, 2.45) is 0 Å². The van der Waals surface area contributed by atoms with Gasteiger partial charge < -0.3 is 5.11 Å². The molecule has 1 N–H and O–H groups in total. The first-order valence-electron chi connectivity index (χ1n) is 6.58. The molecule has 2 rings (SSSR count). The van der Waals surface area contributed by atoms with E-state index in [9.17, 15) is 19.7 Å². The van der Waals surface area contributed by atoms with E-state index in [1.165, 1.54) is 18.2 Å². The van der Waals surface area contributed by atoms with Crippen LogP contribution in [0.5, 0.6) is 0 Å². The van der Waals surface area contributed by atoms with Gasteiger partial charge in [-0.2, -0.15) is 0 Å². The summed E-state index contributed by atoms with van der Waals surface area (Å²) in [6, 6.07) is 13.0. The van der Waals surface area contributed by atoms with E-state index < -0.39 is 16.7 Å². The molecule has 0 radical (unpaired) electrons. The number of hydrogen-bond donors (Lipinski definition) is 1. The van der Waals surface area contributed by atoms with Gasteiger partial charge in [0, 0.05) is 18.1 Å². The number of Topliss-reactive ketones (excluding diaryl/α,β-unsaturated/α-hetero) is 1. The summed E-state index contributed by atoms with van der Waals surface area (Å²) in [4.78, 5) is 33.1. The zero-order valence-corrected chi connectivity index (χ0v) is 11.6. The van der Waals surface area contributed by atoms with Gasteiger partial charge in [-0.3, -0.25) is 19.7 Å². The molecule has 2 aromatic rings. The lowest BCUT2D eigenvalue weighted by atomic mass is 9.99. The Morgan fingerprint density at radius 1 is 1.05 bits per heavy atom. The zero-order valence-electron chi connectivity index (χ0n) is 11.6. The van der Waals surface area contributed by atoms with E-state index in [1.807, 2.05) is 0 Å². The van der Waals surface area contributed by atoms with Crippen LogP contribution in [0.2, 0.25) is 0 Å². The van der Waals surface area contributed by atoms with Crippen LogP contribution in [0.4, 0.5) is 5.69 Å². The number of carboxylic acids is 1. The fourth-order valence-corrected chi connectivity index (χ4v) is 2.08. The lowest BCUT2D eigenvalue weighted by molar-refractivity contribution is -0.384. The first-order chi connectivity index (χ1) is 10.5. The largest absolute Gasteiger partial charge is 0.481 e. The highest BCUT2D eigenvalue weighted by Crippen LogP contribution is 2.31. The molecule has 22 heavy (non-hydrogen) atoms. The SMILES string of the molecule is O=C(O)CCC(=O)c1ccc(-c2ccccc2)c([N+](=O)[O-])c1. The van der Waals surface area contributed by atoms with Crippen molar-refractivity contribution >= 4 is 17.4 Å². The van der Waals surface area contributed by atoms with Crippen LogP contribution in [0.3, 0.4) is 0 Å². The normalized spacial score (nSPS) is 10.2. The molecule has 0 saturated carbocycles. The maximum atomic E-state index is 11.9. The molecule has 0 spiro atoms. The predicted molar refractivity (Wildman–Crippen MR) is 79.7 cm³/mol. The van der Waals surface area contributed by atoms with Gasteiger partial charge in [0.2, 0.25) is 0 Å².